The normalized spacial score (nSPS) is 25.0. The van der Waals surface area contributed by atoms with Gasteiger partial charge in [-0.05, 0) is 51.4 Å². The number of rotatable bonds is 29. The van der Waals surface area contributed by atoms with E-state index in [-0.39, 0.29) is 24.4 Å². The van der Waals surface area contributed by atoms with Gasteiger partial charge in [0.15, 0.2) is 0 Å². The van der Waals surface area contributed by atoms with Crippen molar-refractivity contribution >= 4 is 0 Å². The minimum absolute atomic E-state index is 0.186. The fourth-order valence-electron chi connectivity index (χ4n) is 7.28. The summed E-state index contributed by atoms with van der Waals surface area (Å²) < 4.78 is 12.2. The van der Waals surface area contributed by atoms with E-state index in [0.717, 1.165) is 51.4 Å². The third kappa shape index (κ3) is 17.6. The fraction of sp³-hybridized carbons (Fsp3) is 1.00. The molecule has 6 heteroatoms. The van der Waals surface area contributed by atoms with Crippen molar-refractivity contribution in [1.82, 2.24) is 0 Å². The molecule has 8 atom stereocenters. The molecule has 44 heavy (non-hydrogen) atoms. The molecule has 262 valence electrons. The van der Waals surface area contributed by atoms with Crippen LogP contribution in [0, 0.1) is 0 Å². The summed E-state index contributed by atoms with van der Waals surface area (Å²) in [6, 6.07) is 0. The molecule has 6 nitrogen and oxygen atoms in total. The first-order valence-corrected chi connectivity index (χ1v) is 19.5. The van der Waals surface area contributed by atoms with Crippen molar-refractivity contribution in [3.05, 3.63) is 0 Å². The Hall–Kier alpha value is -0.240. The molecule has 2 fully saturated rings. The Kier molecular flexibility index (Phi) is 23.4. The lowest BCUT2D eigenvalue weighted by Crippen LogP contribution is -2.34. The minimum atomic E-state index is -0.640. The second kappa shape index (κ2) is 25.8. The molecule has 2 aliphatic rings. The van der Waals surface area contributed by atoms with Crippen LogP contribution in [0.5, 0.6) is 0 Å². The maximum Gasteiger partial charge on any atom is 0.0840 e. The van der Waals surface area contributed by atoms with Crippen LogP contribution in [-0.4, -0.2) is 69.3 Å². The van der Waals surface area contributed by atoms with Crippen molar-refractivity contribution in [2.45, 2.75) is 242 Å². The molecule has 2 heterocycles. The number of hydrogen-bond acceptors (Lipinski definition) is 6. The summed E-state index contributed by atoms with van der Waals surface area (Å²) >= 11 is 0. The molecule has 0 aromatic heterocycles. The molecular formula is C38H74O6. The molecule has 0 unspecified atom stereocenters. The van der Waals surface area contributed by atoms with E-state index in [4.69, 9.17) is 9.47 Å². The van der Waals surface area contributed by atoms with Gasteiger partial charge in [0.1, 0.15) is 0 Å². The summed E-state index contributed by atoms with van der Waals surface area (Å²) in [5, 5.41) is 42.8. The van der Waals surface area contributed by atoms with Gasteiger partial charge in [-0.25, -0.2) is 0 Å². The minimum Gasteiger partial charge on any atom is -0.390 e. The smallest absolute Gasteiger partial charge is 0.0840 e. The van der Waals surface area contributed by atoms with Gasteiger partial charge >= 0.3 is 0 Å². The second-order valence-electron chi connectivity index (χ2n) is 14.4. The SMILES string of the molecule is CCCCCCCCCCCC[C@@H](O)[C@H]1CC[C@@H]([C@@H](O)CC[C@H](O)[C@@H]2CC[C@H]([C@H](O)CCCCCCCCCCCC)O2)O1. The Morgan fingerprint density at radius 3 is 0.864 bits per heavy atom. The van der Waals surface area contributed by atoms with E-state index in [1.165, 1.54) is 116 Å². The lowest BCUT2D eigenvalue weighted by Gasteiger charge is -2.25. The van der Waals surface area contributed by atoms with E-state index in [0.29, 0.717) is 12.8 Å². The molecule has 2 saturated heterocycles. The van der Waals surface area contributed by atoms with Crippen molar-refractivity contribution in [2.75, 3.05) is 0 Å². The van der Waals surface area contributed by atoms with Gasteiger partial charge in [0, 0.05) is 0 Å². The number of unbranched alkanes of at least 4 members (excludes halogenated alkanes) is 18. The zero-order chi connectivity index (χ0) is 31.8. The lowest BCUT2D eigenvalue weighted by atomic mass is 9.98. The molecular weight excluding hydrogens is 552 g/mol. The number of aliphatic hydroxyl groups excluding tert-OH is 4. The van der Waals surface area contributed by atoms with Gasteiger partial charge in [0.25, 0.3) is 0 Å². The van der Waals surface area contributed by atoms with Gasteiger partial charge in [-0.3, -0.25) is 0 Å². The highest BCUT2D eigenvalue weighted by atomic mass is 16.5. The standard InChI is InChI=1S/C38H74O6/c1-3-5-7-9-11-13-15-17-19-21-23-31(39)35-27-29-37(43-35)33(41)25-26-34(42)38-30-28-36(44-38)32(40)24-22-20-18-16-14-12-10-8-6-4-2/h31-42H,3-30H2,1-2H3/t31-,32-,33+,34+,35-,36-,37+,38+/m1/s1. The number of aliphatic hydroxyl groups is 4. The van der Waals surface area contributed by atoms with Crippen LogP contribution in [-0.2, 0) is 9.47 Å². The van der Waals surface area contributed by atoms with Crippen molar-refractivity contribution in [3.63, 3.8) is 0 Å². The van der Waals surface area contributed by atoms with Crippen LogP contribution in [0.15, 0.2) is 0 Å². The zero-order valence-corrected chi connectivity index (χ0v) is 29.0. The molecule has 0 bridgehead atoms. The predicted octanol–water partition coefficient (Wildman–Crippen LogP) is 8.93. The highest BCUT2D eigenvalue weighted by Gasteiger charge is 2.37. The van der Waals surface area contributed by atoms with Gasteiger partial charge in [0.2, 0.25) is 0 Å². The average molecular weight is 627 g/mol. The zero-order valence-electron chi connectivity index (χ0n) is 29.0. The first kappa shape index (κ1) is 39.9. The van der Waals surface area contributed by atoms with Crippen LogP contribution in [0.4, 0.5) is 0 Å². The third-order valence-electron chi connectivity index (χ3n) is 10.4. The van der Waals surface area contributed by atoms with Crippen LogP contribution in [0.1, 0.15) is 194 Å². The molecule has 2 aliphatic heterocycles. The third-order valence-corrected chi connectivity index (χ3v) is 10.4. The monoisotopic (exact) mass is 627 g/mol. The molecule has 0 radical (unpaired) electrons. The summed E-state index contributed by atoms with van der Waals surface area (Å²) in [5.41, 5.74) is 0. The van der Waals surface area contributed by atoms with Crippen LogP contribution >= 0.6 is 0 Å². The van der Waals surface area contributed by atoms with E-state index in [2.05, 4.69) is 13.8 Å². The Bertz CT molecular complexity index is 593. The van der Waals surface area contributed by atoms with Crippen LogP contribution in [0.3, 0.4) is 0 Å². The van der Waals surface area contributed by atoms with Crippen LogP contribution < -0.4 is 0 Å². The van der Waals surface area contributed by atoms with Gasteiger partial charge in [0.05, 0.1) is 48.8 Å². The highest BCUT2D eigenvalue weighted by Crippen LogP contribution is 2.31. The predicted molar refractivity (Wildman–Crippen MR) is 182 cm³/mol. The molecule has 0 spiro atoms. The molecule has 0 aromatic rings. The molecule has 2 rings (SSSR count). The average Bonchev–Trinajstić information content (AvgIpc) is 3.73. The van der Waals surface area contributed by atoms with Crippen molar-refractivity contribution in [3.8, 4) is 0 Å². The molecule has 0 aliphatic carbocycles. The Morgan fingerprint density at radius 2 is 0.591 bits per heavy atom. The molecule has 0 aromatic carbocycles. The van der Waals surface area contributed by atoms with E-state index >= 15 is 0 Å². The Labute approximate surface area is 272 Å². The van der Waals surface area contributed by atoms with Gasteiger partial charge in [-0.1, -0.05) is 142 Å². The van der Waals surface area contributed by atoms with Crippen molar-refractivity contribution < 1.29 is 29.9 Å². The maximum atomic E-state index is 10.8. The second-order valence-corrected chi connectivity index (χ2v) is 14.4. The van der Waals surface area contributed by atoms with Crippen molar-refractivity contribution in [1.29, 1.82) is 0 Å². The fourth-order valence-corrected chi connectivity index (χ4v) is 7.28. The van der Waals surface area contributed by atoms with Crippen molar-refractivity contribution in [2.24, 2.45) is 0 Å². The van der Waals surface area contributed by atoms with Gasteiger partial charge in [-0.15, -0.1) is 0 Å². The first-order valence-electron chi connectivity index (χ1n) is 19.5. The summed E-state index contributed by atoms with van der Waals surface area (Å²) in [6.07, 6.45) is 28.2. The molecule has 0 amide bonds. The quantitative estimate of drug-likeness (QED) is 0.0619. The van der Waals surface area contributed by atoms with E-state index in [9.17, 15) is 20.4 Å². The summed E-state index contributed by atoms with van der Waals surface area (Å²) in [7, 11) is 0. The van der Waals surface area contributed by atoms with Gasteiger partial charge < -0.3 is 29.9 Å². The Morgan fingerprint density at radius 1 is 0.364 bits per heavy atom. The summed E-state index contributed by atoms with van der Waals surface area (Å²) in [5.74, 6) is 0. The number of hydrogen-bond donors (Lipinski definition) is 4. The van der Waals surface area contributed by atoms with Gasteiger partial charge in [-0.2, -0.15) is 0 Å². The maximum absolute atomic E-state index is 10.8. The van der Waals surface area contributed by atoms with E-state index in [1.807, 2.05) is 0 Å². The van der Waals surface area contributed by atoms with E-state index < -0.39 is 24.4 Å². The number of ether oxygens (including phenoxy) is 2. The highest BCUT2D eigenvalue weighted by molar-refractivity contribution is 4.86. The van der Waals surface area contributed by atoms with Crippen LogP contribution in [0.2, 0.25) is 0 Å². The topological polar surface area (TPSA) is 99.4 Å². The molecule has 4 N–H and O–H groups in total. The first-order chi connectivity index (χ1) is 21.5. The summed E-state index contributed by atoms with van der Waals surface area (Å²) in [4.78, 5) is 0. The Balaban J connectivity index is 1.48. The lowest BCUT2D eigenvalue weighted by molar-refractivity contribution is -0.0926. The largest absolute Gasteiger partial charge is 0.390 e. The molecule has 0 saturated carbocycles. The summed E-state index contributed by atoms with van der Waals surface area (Å²) in [6.45, 7) is 4.52. The van der Waals surface area contributed by atoms with Crippen LogP contribution in [0.25, 0.3) is 0 Å². The van der Waals surface area contributed by atoms with E-state index in [1.54, 1.807) is 0 Å².